The Morgan fingerprint density at radius 2 is 1.84 bits per heavy atom. The lowest BCUT2D eigenvalue weighted by molar-refractivity contribution is 0.165. The molecule has 0 N–H and O–H groups in total. The molecule has 1 aromatic rings. The van der Waals surface area contributed by atoms with Crippen molar-refractivity contribution in [2.45, 2.75) is 52.4 Å². The van der Waals surface area contributed by atoms with E-state index in [4.69, 9.17) is 0 Å². The summed E-state index contributed by atoms with van der Waals surface area (Å²) < 4.78 is 0. The van der Waals surface area contributed by atoms with Gasteiger partial charge in [-0.15, -0.1) is 0 Å². The maximum Gasteiger partial charge on any atom is 0.0775 e. The molecule has 1 fully saturated rings. The average molecular weight is 276 g/mol. The van der Waals surface area contributed by atoms with E-state index >= 15 is 0 Å². The molecule has 0 amide bonds. The van der Waals surface area contributed by atoms with Gasteiger partial charge in [0.25, 0.3) is 0 Å². The maximum atomic E-state index is 2.64. The minimum Gasteiger partial charge on any atom is -0.299 e. The molecule has 1 saturated heterocycles. The van der Waals surface area contributed by atoms with Crippen molar-refractivity contribution >= 4 is 13.3 Å². The molecule has 19 heavy (non-hydrogen) atoms. The zero-order valence-corrected chi connectivity index (χ0v) is 14.1. The van der Waals surface area contributed by atoms with Crippen molar-refractivity contribution in [1.29, 1.82) is 0 Å². The van der Waals surface area contributed by atoms with Gasteiger partial charge >= 0.3 is 0 Å². The molecule has 0 aromatic heterocycles. The largest absolute Gasteiger partial charge is 0.299 e. The zero-order valence-electron chi connectivity index (χ0n) is 13.1. The second-order valence-electron chi connectivity index (χ2n) is 7.10. The molecular weight excluding hydrogens is 246 g/mol. The first kappa shape index (κ1) is 14.8. The number of piperidine rings is 1. The third-order valence-corrected chi connectivity index (χ3v) is 6.47. The van der Waals surface area contributed by atoms with Crippen LogP contribution >= 0.6 is 0 Å². The normalized spacial score (nSPS) is 21.6. The molecule has 1 nitrogen and oxygen atoms in total. The minimum atomic E-state index is -1.14. The summed E-state index contributed by atoms with van der Waals surface area (Å²) in [5.41, 5.74) is 1.48. The van der Waals surface area contributed by atoms with Crippen LogP contribution in [0.15, 0.2) is 24.3 Å². The van der Waals surface area contributed by atoms with E-state index < -0.39 is 8.07 Å². The molecule has 106 valence electrons. The summed E-state index contributed by atoms with van der Waals surface area (Å²) in [5, 5.41) is 1.57. The second-order valence-corrected chi connectivity index (χ2v) is 12.2. The van der Waals surface area contributed by atoms with Crippen LogP contribution in [-0.2, 0) is 6.54 Å². The summed E-state index contributed by atoms with van der Waals surface area (Å²) in [7, 11) is -1.14. The van der Waals surface area contributed by atoms with Crippen LogP contribution in [0.5, 0.6) is 0 Å². The summed E-state index contributed by atoms with van der Waals surface area (Å²) >= 11 is 0. The predicted octanol–water partition coefficient (Wildman–Crippen LogP) is 3.85. The van der Waals surface area contributed by atoms with Crippen LogP contribution in [0.4, 0.5) is 0 Å². The number of benzene rings is 1. The standard InChI is InChI=1S/C17H29NSi/c1-5-15-7-6-12-18(13-15)14-16-8-10-17(11-9-16)19(2,3)4/h8-11,15H,5-7,12-14H2,1-4H3. The molecule has 1 atom stereocenters. The van der Waals surface area contributed by atoms with Crippen molar-refractivity contribution in [2.24, 2.45) is 5.92 Å². The molecule has 1 aromatic carbocycles. The topological polar surface area (TPSA) is 3.24 Å². The number of nitrogens with zero attached hydrogens (tertiary/aromatic N) is 1. The van der Waals surface area contributed by atoms with Crippen LogP contribution < -0.4 is 5.19 Å². The quantitative estimate of drug-likeness (QED) is 0.754. The summed E-state index contributed by atoms with van der Waals surface area (Å²) in [6.07, 6.45) is 4.15. The summed E-state index contributed by atoms with van der Waals surface area (Å²) in [6.45, 7) is 13.3. The van der Waals surface area contributed by atoms with Gasteiger partial charge in [0.05, 0.1) is 8.07 Å². The van der Waals surface area contributed by atoms with Gasteiger partial charge in [0.1, 0.15) is 0 Å². The molecule has 0 radical (unpaired) electrons. The van der Waals surface area contributed by atoms with Crippen LogP contribution in [-0.4, -0.2) is 26.1 Å². The van der Waals surface area contributed by atoms with Crippen LogP contribution in [0.25, 0.3) is 0 Å². The number of rotatable bonds is 4. The highest BCUT2D eigenvalue weighted by atomic mass is 28.3. The predicted molar refractivity (Wildman–Crippen MR) is 87.7 cm³/mol. The first-order valence-corrected chi connectivity index (χ1v) is 11.3. The van der Waals surface area contributed by atoms with Gasteiger partial charge in [0, 0.05) is 13.1 Å². The SMILES string of the molecule is CCC1CCCN(Cc2ccc([Si](C)(C)C)cc2)C1. The number of likely N-dealkylation sites (tertiary alicyclic amines) is 1. The van der Waals surface area contributed by atoms with Crippen molar-refractivity contribution in [3.8, 4) is 0 Å². The van der Waals surface area contributed by atoms with E-state index in [-0.39, 0.29) is 0 Å². The third kappa shape index (κ3) is 4.18. The van der Waals surface area contributed by atoms with E-state index in [9.17, 15) is 0 Å². The zero-order chi connectivity index (χ0) is 13.9. The Morgan fingerprint density at radius 3 is 2.42 bits per heavy atom. The Bertz CT molecular complexity index is 391. The van der Waals surface area contributed by atoms with Crippen molar-refractivity contribution in [3.05, 3.63) is 29.8 Å². The fraction of sp³-hybridized carbons (Fsp3) is 0.647. The highest BCUT2D eigenvalue weighted by molar-refractivity contribution is 6.88. The monoisotopic (exact) mass is 275 g/mol. The lowest BCUT2D eigenvalue weighted by Gasteiger charge is -2.32. The Morgan fingerprint density at radius 1 is 1.16 bits per heavy atom. The van der Waals surface area contributed by atoms with E-state index in [1.54, 1.807) is 5.19 Å². The Hall–Kier alpha value is -0.603. The molecular formula is C17H29NSi. The molecule has 1 aliphatic heterocycles. The molecule has 1 heterocycles. The van der Waals surface area contributed by atoms with Gasteiger partial charge in [0.2, 0.25) is 0 Å². The molecule has 0 spiro atoms. The summed E-state index contributed by atoms with van der Waals surface area (Å²) in [6, 6.07) is 9.43. The van der Waals surface area contributed by atoms with Crippen LogP contribution in [0.2, 0.25) is 19.6 Å². The van der Waals surface area contributed by atoms with E-state index in [1.165, 1.54) is 37.9 Å². The number of hydrogen-bond donors (Lipinski definition) is 0. The third-order valence-electron chi connectivity index (χ3n) is 4.41. The Kier molecular flexibility index (Phi) is 4.85. The lowest BCUT2D eigenvalue weighted by Crippen LogP contribution is -2.37. The first-order valence-electron chi connectivity index (χ1n) is 7.81. The van der Waals surface area contributed by atoms with Gasteiger partial charge in [-0.3, -0.25) is 4.90 Å². The van der Waals surface area contributed by atoms with Crippen molar-refractivity contribution in [3.63, 3.8) is 0 Å². The fourth-order valence-corrected chi connectivity index (χ4v) is 4.16. The highest BCUT2D eigenvalue weighted by Gasteiger charge is 2.19. The van der Waals surface area contributed by atoms with Gasteiger partial charge in [-0.1, -0.05) is 62.4 Å². The Labute approximate surface area is 120 Å². The van der Waals surface area contributed by atoms with E-state index in [2.05, 4.69) is 55.7 Å². The van der Waals surface area contributed by atoms with Gasteiger partial charge in [-0.25, -0.2) is 0 Å². The maximum absolute atomic E-state index is 2.64. The van der Waals surface area contributed by atoms with Crippen LogP contribution in [0.3, 0.4) is 0 Å². The molecule has 0 saturated carbocycles. The second kappa shape index (κ2) is 6.23. The number of hydrogen-bond acceptors (Lipinski definition) is 1. The molecule has 1 aliphatic rings. The van der Waals surface area contributed by atoms with Crippen molar-refractivity contribution in [1.82, 2.24) is 4.90 Å². The Balaban J connectivity index is 1.96. The average Bonchev–Trinajstić information content (AvgIpc) is 2.38. The van der Waals surface area contributed by atoms with Crippen molar-refractivity contribution < 1.29 is 0 Å². The molecule has 1 unspecified atom stereocenters. The van der Waals surface area contributed by atoms with Crippen LogP contribution in [0.1, 0.15) is 31.7 Å². The lowest BCUT2D eigenvalue weighted by atomic mass is 9.95. The van der Waals surface area contributed by atoms with Gasteiger partial charge in [-0.2, -0.15) is 0 Å². The molecule has 2 rings (SSSR count). The fourth-order valence-electron chi connectivity index (χ4n) is 3.00. The summed E-state index contributed by atoms with van der Waals surface area (Å²) in [4.78, 5) is 2.64. The highest BCUT2D eigenvalue weighted by Crippen LogP contribution is 2.20. The van der Waals surface area contributed by atoms with E-state index in [1.807, 2.05) is 0 Å². The van der Waals surface area contributed by atoms with Crippen LogP contribution in [0, 0.1) is 5.92 Å². The summed E-state index contributed by atoms with van der Waals surface area (Å²) in [5.74, 6) is 0.926. The van der Waals surface area contributed by atoms with E-state index in [0.717, 1.165) is 12.5 Å². The smallest absolute Gasteiger partial charge is 0.0775 e. The molecule has 0 aliphatic carbocycles. The molecule has 0 bridgehead atoms. The van der Waals surface area contributed by atoms with Gasteiger partial charge < -0.3 is 0 Å². The first-order chi connectivity index (χ1) is 8.99. The van der Waals surface area contributed by atoms with Crippen molar-refractivity contribution in [2.75, 3.05) is 13.1 Å². The minimum absolute atomic E-state index is 0.926. The van der Waals surface area contributed by atoms with Gasteiger partial charge in [0.15, 0.2) is 0 Å². The van der Waals surface area contributed by atoms with E-state index in [0.29, 0.717) is 0 Å². The molecule has 2 heteroatoms. The van der Waals surface area contributed by atoms with Gasteiger partial charge in [-0.05, 0) is 30.9 Å².